The third-order valence-corrected chi connectivity index (χ3v) is 1.55. The second kappa shape index (κ2) is 1.50. The Morgan fingerprint density at radius 3 is 2.89 bits per heavy atom. The largest absolute Gasteiger partial charge is 0.388 e. The van der Waals surface area contributed by atoms with Crippen molar-refractivity contribution in [3.63, 3.8) is 0 Å². The van der Waals surface area contributed by atoms with Gasteiger partial charge < -0.3 is 4.68 Å². The molecule has 1 aromatic heterocycles. The van der Waals surface area contributed by atoms with E-state index in [1.54, 1.807) is 0 Å². The summed E-state index contributed by atoms with van der Waals surface area (Å²) in [5.74, 6) is 0.695. The van der Waals surface area contributed by atoms with Gasteiger partial charge in [-0.1, -0.05) is 6.20 Å². The van der Waals surface area contributed by atoms with E-state index in [4.69, 9.17) is 0 Å². The number of nitrogens with zero attached hydrogens (tertiary/aromatic N) is 3. The lowest BCUT2D eigenvalue weighted by Crippen LogP contribution is -1.82. The molecule has 48 valence electrons. The predicted octanol–water partition coefficient (Wildman–Crippen LogP) is 0.795. The first kappa shape index (κ1) is 4.85. The lowest BCUT2D eigenvalue weighted by Gasteiger charge is -1.90. The first-order valence-corrected chi connectivity index (χ1v) is 3.09. The maximum absolute atomic E-state index is 3.93. The van der Waals surface area contributed by atoms with Crippen LogP contribution in [0.15, 0.2) is 6.20 Å². The SMILES string of the molecule is [CH2-]n1cc(C2CC2)nn1. The Labute approximate surface area is 53.7 Å². The van der Waals surface area contributed by atoms with Gasteiger partial charge in [0.05, 0.1) is 0 Å². The summed E-state index contributed by atoms with van der Waals surface area (Å²) in [7, 11) is 3.59. The van der Waals surface area contributed by atoms with E-state index in [-0.39, 0.29) is 0 Å². The fourth-order valence-electron chi connectivity index (χ4n) is 0.880. The molecule has 0 amide bonds. The summed E-state index contributed by atoms with van der Waals surface area (Å²) < 4.78 is 1.51. The molecule has 1 aliphatic rings. The zero-order chi connectivity index (χ0) is 6.27. The highest BCUT2D eigenvalue weighted by Crippen LogP contribution is 2.38. The van der Waals surface area contributed by atoms with Gasteiger partial charge in [-0.15, -0.1) is 5.21 Å². The van der Waals surface area contributed by atoms with Gasteiger partial charge in [0.2, 0.25) is 0 Å². The molecule has 0 aliphatic heterocycles. The van der Waals surface area contributed by atoms with E-state index in [2.05, 4.69) is 17.4 Å². The fourth-order valence-corrected chi connectivity index (χ4v) is 0.880. The molecule has 0 N–H and O–H groups in total. The molecule has 1 heterocycles. The van der Waals surface area contributed by atoms with Crippen molar-refractivity contribution < 1.29 is 0 Å². The molecule has 0 bridgehead atoms. The van der Waals surface area contributed by atoms with Crippen molar-refractivity contribution in [3.8, 4) is 0 Å². The molecule has 0 spiro atoms. The number of hydrogen-bond donors (Lipinski definition) is 0. The van der Waals surface area contributed by atoms with Gasteiger partial charge in [-0.25, -0.2) is 0 Å². The monoisotopic (exact) mass is 122 g/mol. The van der Waals surface area contributed by atoms with Crippen LogP contribution >= 0.6 is 0 Å². The molecule has 9 heavy (non-hydrogen) atoms. The molecule has 2 rings (SSSR count). The van der Waals surface area contributed by atoms with Crippen molar-refractivity contribution in [2.75, 3.05) is 0 Å². The van der Waals surface area contributed by atoms with E-state index < -0.39 is 0 Å². The average Bonchev–Trinajstić information content (AvgIpc) is 2.58. The number of hydrogen-bond acceptors (Lipinski definition) is 2. The van der Waals surface area contributed by atoms with Crippen LogP contribution in [0.25, 0.3) is 0 Å². The van der Waals surface area contributed by atoms with Gasteiger partial charge in [-0.05, 0) is 18.8 Å². The van der Waals surface area contributed by atoms with Crippen molar-refractivity contribution >= 4 is 0 Å². The second-order valence-corrected chi connectivity index (χ2v) is 2.46. The molecular formula is C6H8N3-. The Hall–Kier alpha value is -0.990. The Morgan fingerprint density at radius 1 is 1.67 bits per heavy atom. The minimum atomic E-state index is 0.695. The average molecular weight is 122 g/mol. The topological polar surface area (TPSA) is 30.7 Å². The third kappa shape index (κ3) is 0.781. The smallest absolute Gasteiger partial charge is 0.00506 e. The minimum absolute atomic E-state index is 0.695. The highest BCUT2D eigenvalue weighted by Gasteiger charge is 2.23. The van der Waals surface area contributed by atoms with Gasteiger partial charge in [0.25, 0.3) is 0 Å². The zero-order valence-electron chi connectivity index (χ0n) is 5.12. The molecule has 0 saturated heterocycles. The van der Waals surface area contributed by atoms with Gasteiger partial charge in [-0.3, -0.25) is 0 Å². The van der Waals surface area contributed by atoms with E-state index in [0.29, 0.717) is 5.92 Å². The molecule has 1 fully saturated rings. The van der Waals surface area contributed by atoms with Crippen LogP contribution < -0.4 is 0 Å². The summed E-state index contributed by atoms with van der Waals surface area (Å²) in [5.41, 5.74) is 1.10. The Kier molecular flexibility index (Phi) is 0.806. The minimum Gasteiger partial charge on any atom is -0.388 e. The highest BCUT2D eigenvalue weighted by atomic mass is 15.4. The van der Waals surface area contributed by atoms with E-state index in [0.717, 1.165) is 5.69 Å². The molecule has 1 aromatic rings. The zero-order valence-corrected chi connectivity index (χ0v) is 5.12. The maximum Gasteiger partial charge on any atom is 0.00506 e. The first-order chi connectivity index (χ1) is 4.36. The van der Waals surface area contributed by atoms with Crippen LogP contribution in [0.3, 0.4) is 0 Å². The lowest BCUT2D eigenvalue weighted by atomic mass is 10.3. The molecule has 0 unspecified atom stereocenters. The predicted molar refractivity (Wildman–Crippen MR) is 32.8 cm³/mol. The van der Waals surface area contributed by atoms with Crippen molar-refractivity contribution in [1.82, 2.24) is 15.0 Å². The first-order valence-electron chi connectivity index (χ1n) is 3.09. The van der Waals surface area contributed by atoms with Gasteiger partial charge in [0.15, 0.2) is 0 Å². The van der Waals surface area contributed by atoms with Crippen molar-refractivity contribution in [2.45, 2.75) is 18.8 Å². The normalized spacial score (nSPS) is 18.2. The van der Waals surface area contributed by atoms with Gasteiger partial charge in [-0.2, -0.15) is 12.1 Å². The molecular weight excluding hydrogens is 114 g/mol. The third-order valence-electron chi connectivity index (χ3n) is 1.55. The lowest BCUT2D eigenvalue weighted by molar-refractivity contribution is 0.793. The Bertz CT molecular complexity index is 212. The van der Waals surface area contributed by atoms with Crippen LogP contribution in [0.4, 0.5) is 0 Å². The molecule has 0 atom stereocenters. The summed E-state index contributed by atoms with van der Waals surface area (Å²) >= 11 is 0. The summed E-state index contributed by atoms with van der Waals surface area (Å²) in [5, 5.41) is 7.66. The maximum atomic E-state index is 3.93. The van der Waals surface area contributed by atoms with Crippen LogP contribution in [0.5, 0.6) is 0 Å². The van der Waals surface area contributed by atoms with Gasteiger partial charge >= 0.3 is 0 Å². The molecule has 1 saturated carbocycles. The summed E-state index contributed by atoms with van der Waals surface area (Å²) in [6.07, 6.45) is 4.44. The quantitative estimate of drug-likeness (QED) is 0.516. The van der Waals surface area contributed by atoms with E-state index in [1.807, 2.05) is 6.20 Å². The van der Waals surface area contributed by atoms with E-state index >= 15 is 0 Å². The van der Waals surface area contributed by atoms with Crippen molar-refractivity contribution in [2.24, 2.45) is 0 Å². The van der Waals surface area contributed by atoms with Crippen molar-refractivity contribution in [1.29, 1.82) is 0 Å². The van der Waals surface area contributed by atoms with Crippen LogP contribution in [-0.2, 0) is 0 Å². The second-order valence-electron chi connectivity index (χ2n) is 2.46. The van der Waals surface area contributed by atoms with Crippen molar-refractivity contribution in [3.05, 3.63) is 18.9 Å². The number of aromatic nitrogens is 3. The van der Waals surface area contributed by atoms with Crippen LogP contribution in [0.1, 0.15) is 24.5 Å². The van der Waals surface area contributed by atoms with Crippen LogP contribution in [0.2, 0.25) is 0 Å². The summed E-state index contributed by atoms with van der Waals surface area (Å²) in [4.78, 5) is 0. The van der Waals surface area contributed by atoms with Gasteiger partial charge in [0.1, 0.15) is 0 Å². The summed E-state index contributed by atoms with van der Waals surface area (Å²) in [6.45, 7) is 0. The molecule has 3 nitrogen and oxygen atoms in total. The van der Waals surface area contributed by atoms with E-state index in [1.165, 1.54) is 17.5 Å². The van der Waals surface area contributed by atoms with E-state index in [9.17, 15) is 0 Å². The van der Waals surface area contributed by atoms with Gasteiger partial charge in [0, 0.05) is 5.69 Å². The standard InChI is InChI=1S/C6H8N3/c1-9-4-6(7-8-9)5-2-3-5/h4-5H,1-3H2/q-1. The molecule has 3 heteroatoms. The number of rotatable bonds is 1. The Balaban J connectivity index is 2.28. The molecule has 1 aliphatic carbocycles. The molecule has 0 aromatic carbocycles. The van der Waals surface area contributed by atoms with Crippen LogP contribution in [-0.4, -0.2) is 15.0 Å². The van der Waals surface area contributed by atoms with Crippen LogP contribution in [0, 0.1) is 7.05 Å². The highest BCUT2D eigenvalue weighted by molar-refractivity contribution is 5.08. The summed E-state index contributed by atoms with van der Waals surface area (Å²) in [6, 6.07) is 0. The Morgan fingerprint density at radius 2 is 2.44 bits per heavy atom. The fraction of sp³-hybridized carbons (Fsp3) is 0.500. The molecule has 0 radical (unpaired) electrons.